The molecule has 4 nitrogen and oxygen atoms in total. The van der Waals surface area contributed by atoms with Gasteiger partial charge in [0.1, 0.15) is 6.20 Å². The van der Waals surface area contributed by atoms with Crippen molar-refractivity contribution in [2.45, 2.75) is 26.8 Å². The van der Waals surface area contributed by atoms with Gasteiger partial charge >= 0.3 is 0 Å². The first-order valence-electron chi connectivity index (χ1n) is 3.78. The SMILES string of the molecule is CCOc1cnnn1C(C)C. The van der Waals surface area contributed by atoms with E-state index in [1.54, 1.807) is 10.9 Å². The Morgan fingerprint density at radius 1 is 1.64 bits per heavy atom. The molecule has 1 aromatic heterocycles. The highest BCUT2D eigenvalue weighted by atomic mass is 16.5. The zero-order chi connectivity index (χ0) is 8.27. The molecule has 0 amide bonds. The van der Waals surface area contributed by atoms with Gasteiger partial charge in [0.05, 0.1) is 12.6 Å². The molecule has 1 rings (SSSR count). The molecule has 11 heavy (non-hydrogen) atoms. The van der Waals surface area contributed by atoms with Crippen LogP contribution in [0.5, 0.6) is 5.88 Å². The van der Waals surface area contributed by atoms with Gasteiger partial charge in [0.15, 0.2) is 0 Å². The van der Waals surface area contributed by atoms with E-state index in [1.165, 1.54) is 0 Å². The third-order valence-electron chi connectivity index (χ3n) is 1.32. The van der Waals surface area contributed by atoms with Crippen molar-refractivity contribution in [3.63, 3.8) is 0 Å². The molecular weight excluding hydrogens is 142 g/mol. The molecule has 0 aromatic carbocycles. The Kier molecular flexibility index (Phi) is 2.46. The highest BCUT2D eigenvalue weighted by molar-refractivity contribution is 5.02. The summed E-state index contributed by atoms with van der Waals surface area (Å²) >= 11 is 0. The van der Waals surface area contributed by atoms with E-state index in [0.29, 0.717) is 12.6 Å². The van der Waals surface area contributed by atoms with Crippen molar-refractivity contribution in [3.8, 4) is 5.88 Å². The molecule has 4 heteroatoms. The van der Waals surface area contributed by atoms with Crippen molar-refractivity contribution in [3.05, 3.63) is 6.20 Å². The summed E-state index contributed by atoms with van der Waals surface area (Å²) in [4.78, 5) is 0. The minimum atomic E-state index is 0.305. The van der Waals surface area contributed by atoms with E-state index in [2.05, 4.69) is 10.3 Å². The summed E-state index contributed by atoms with van der Waals surface area (Å²) in [6.45, 7) is 6.67. The Morgan fingerprint density at radius 3 is 2.91 bits per heavy atom. The Hall–Kier alpha value is -1.06. The minimum Gasteiger partial charge on any atom is -0.477 e. The quantitative estimate of drug-likeness (QED) is 0.659. The lowest BCUT2D eigenvalue weighted by Crippen LogP contribution is -2.06. The zero-order valence-electron chi connectivity index (χ0n) is 7.11. The Bertz CT molecular complexity index is 219. The smallest absolute Gasteiger partial charge is 0.232 e. The molecule has 0 bridgehead atoms. The number of rotatable bonds is 3. The third kappa shape index (κ3) is 1.69. The molecule has 0 aliphatic heterocycles. The second-order valence-corrected chi connectivity index (χ2v) is 2.54. The van der Waals surface area contributed by atoms with Crippen LogP contribution in [0.3, 0.4) is 0 Å². The summed E-state index contributed by atoms with van der Waals surface area (Å²) in [6, 6.07) is 0.305. The lowest BCUT2D eigenvalue weighted by Gasteiger charge is -2.08. The van der Waals surface area contributed by atoms with Gasteiger partial charge in [-0.05, 0) is 20.8 Å². The van der Waals surface area contributed by atoms with Gasteiger partial charge in [-0.3, -0.25) is 0 Å². The van der Waals surface area contributed by atoms with Crippen molar-refractivity contribution >= 4 is 0 Å². The first kappa shape index (κ1) is 8.04. The van der Waals surface area contributed by atoms with Crippen LogP contribution in [-0.4, -0.2) is 21.6 Å². The highest BCUT2D eigenvalue weighted by Crippen LogP contribution is 2.13. The third-order valence-corrected chi connectivity index (χ3v) is 1.32. The van der Waals surface area contributed by atoms with Crippen LogP contribution in [0, 0.1) is 0 Å². The molecule has 0 radical (unpaired) electrons. The maximum absolute atomic E-state index is 5.28. The minimum absolute atomic E-state index is 0.305. The van der Waals surface area contributed by atoms with Crippen LogP contribution < -0.4 is 4.74 Å². The van der Waals surface area contributed by atoms with Gasteiger partial charge in [-0.15, -0.1) is 5.10 Å². The van der Waals surface area contributed by atoms with Crippen molar-refractivity contribution < 1.29 is 4.74 Å². The summed E-state index contributed by atoms with van der Waals surface area (Å²) in [6.07, 6.45) is 1.63. The number of nitrogens with zero attached hydrogens (tertiary/aromatic N) is 3. The molecule has 0 aliphatic rings. The van der Waals surface area contributed by atoms with Crippen LogP contribution in [0.2, 0.25) is 0 Å². The van der Waals surface area contributed by atoms with Gasteiger partial charge in [0.25, 0.3) is 0 Å². The van der Waals surface area contributed by atoms with Gasteiger partial charge in [-0.25, -0.2) is 4.68 Å². The number of hydrogen-bond donors (Lipinski definition) is 0. The predicted molar refractivity (Wildman–Crippen MR) is 41.6 cm³/mol. The monoisotopic (exact) mass is 155 g/mol. The van der Waals surface area contributed by atoms with Crippen molar-refractivity contribution in [2.75, 3.05) is 6.61 Å². The molecule has 1 heterocycles. The van der Waals surface area contributed by atoms with E-state index in [1.807, 2.05) is 20.8 Å². The van der Waals surface area contributed by atoms with E-state index in [0.717, 1.165) is 5.88 Å². The van der Waals surface area contributed by atoms with Crippen LogP contribution in [0.15, 0.2) is 6.20 Å². The maximum Gasteiger partial charge on any atom is 0.232 e. The summed E-state index contributed by atoms with van der Waals surface area (Å²) in [5.41, 5.74) is 0. The average Bonchev–Trinajstić information content (AvgIpc) is 2.36. The Labute approximate surface area is 66.2 Å². The molecule has 0 spiro atoms. The topological polar surface area (TPSA) is 39.9 Å². The Morgan fingerprint density at radius 2 is 2.36 bits per heavy atom. The van der Waals surface area contributed by atoms with Crippen LogP contribution in [0.4, 0.5) is 0 Å². The largest absolute Gasteiger partial charge is 0.477 e. The fourth-order valence-corrected chi connectivity index (χ4v) is 0.843. The zero-order valence-corrected chi connectivity index (χ0v) is 7.11. The van der Waals surface area contributed by atoms with E-state index < -0.39 is 0 Å². The second-order valence-electron chi connectivity index (χ2n) is 2.54. The molecule has 0 aliphatic carbocycles. The number of hydrogen-bond acceptors (Lipinski definition) is 3. The van der Waals surface area contributed by atoms with E-state index in [4.69, 9.17) is 4.74 Å². The molecule has 0 saturated carbocycles. The van der Waals surface area contributed by atoms with Crippen LogP contribution in [0.25, 0.3) is 0 Å². The van der Waals surface area contributed by atoms with E-state index >= 15 is 0 Å². The number of aromatic nitrogens is 3. The molecule has 0 saturated heterocycles. The average molecular weight is 155 g/mol. The first-order valence-corrected chi connectivity index (χ1v) is 3.78. The first-order chi connectivity index (χ1) is 5.25. The lowest BCUT2D eigenvalue weighted by molar-refractivity contribution is 0.292. The summed E-state index contributed by atoms with van der Waals surface area (Å²) in [5, 5.41) is 7.63. The van der Waals surface area contributed by atoms with Crippen molar-refractivity contribution in [2.24, 2.45) is 0 Å². The standard InChI is InChI=1S/C7H13N3O/c1-4-11-7-5-8-9-10(7)6(2)3/h5-6H,4H2,1-3H3. The van der Waals surface area contributed by atoms with Crippen molar-refractivity contribution in [1.82, 2.24) is 15.0 Å². The summed E-state index contributed by atoms with van der Waals surface area (Å²) < 4.78 is 7.03. The van der Waals surface area contributed by atoms with Gasteiger partial charge < -0.3 is 4.74 Å². The highest BCUT2D eigenvalue weighted by Gasteiger charge is 2.06. The Balaban J connectivity index is 2.78. The summed E-state index contributed by atoms with van der Waals surface area (Å²) in [7, 11) is 0. The van der Waals surface area contributed by atoms with Gasteiger partial charge in [0, 0.05) is 0 Å². The maximum atomic E-state index is 5.28. The molecule has 0 fully saturated rings. The van der Waals surface area contributed by atoms with Gasteiger partial charge in [0.2, 0.25) is 5.88 Å². The normalized spacial score (nSPS) is 10.5. The van der Waals surface area contributed by atoms with Crippen LogP contribution >= 0.6 is 0 Å². The predicted octanol–water partition coefficient (Wildman–Crippen LogP) is 1.26. The molecule has 0 unspecified atom stereocenters. The lowest BCUT2D eigenvalue weighted by atomic mass is 10.4. The molecule has 0 N–H and O–H groups in total. The molecule has 1 aromatic rings. The van der Waals surface area contributed by atoms with Crippen molar-refractivity contribution in [1.29, 1.82) is 0 Å². The summed E-state index contributed by atoms with van der Waals surface area (Å²) in [5.74, 6) is 0.738. The fraction of sp³-hybridized carbons (Fsp3) is 0.714. The second kappa shape index (κ2) is 3.37. The molecule has 62 valence electrons. The fourth-order valence-electron chi connectivity index (χ4n) is 0.843. The molecule has 0 atom stereocenters. The number of ether oxygens (including phenoxy) is 1. The molecular formula is C7H13N3O. The van der Waals surface area contributed by atoms with Gasteiger partial charge in [-0.1, -0.05) is 5.21 Å². The van der Waals surface area contributed by atoms with Crippen LogP contribution in [0.1, 0.15) is 26.8 Å². The van der Waals surface area contributed by atoms with E-state index in [-0.39, 0.29) is 0 Å². The van der Waals surface area contributed by atoms with E-state index in [9.17, 15) is 0 Å². The van der Waals surface area contributed by atoms with Crippen LogP contribution in [-0.2, 0) is 0 Å². The van der Waals surface area contributed by atoms with Gasteiger partial charge in [-0.2, -0.15) is 0 Å².